The lowest BCUT2D eigenvalue weighted by Gasteiger charge is -2.46. The number of anilines is 1. The number of carbonyl (C=O) groups excluding carboxylic acids is 1. The first-order chi connectivity index (χ1) is 16.6. The summed E-state index contributed by atoms with van der Waals surface area (Å²) in [7, 11) is 2.17. The number of ether oxygens (including phenoxy) is 1. The summed E-state index contributed by atoms with van der Waals surface area (Å²) in [5.41, 5.74) is 1.41. The van der Waals surface area contributed by atoms with E-state index in [4.69, 9.17) is 4.74 Å². The first-order valence-corrected chi connectivity index (χ1v) is 12.1. The standard InChI is InChI=1S/C17H23F3N2.C10H10O3/c1-21-10-6-16(7-11-21)8-12-22(13-9-16)15-4-2-14(3-5-15)17(18,19)20;11-5-8-1-3-9(4-2-8)10(12)6-13-7-10/h2-5H,6-13H2,1H3;1-5,12H,6-7H2. The molecule has 0 bridgehead atoms. The van der Waals surface area contributed by atoms with Crippen LogP contribution in [0.25, 0.3) is 0 Å². The van der Waals surface area contributed by atoms with Crippen molar-refractivity contribution < 1.29 is 27.8 Å². The fraction of sp³-hybridized carbons (Fsp3) is 0.519. The molecule has 2 aromatic rings. The van der Waals surface area contributed by atoms with Crippen LogP contribution in [0, 0.1) is 5.41 Å². The highest BCUT2D eigenvalue weighted by Gasteiger charge is 2.38. The van der Waals surface area contributed by atoms with Gasteiger partial charge in [0, 0.05) is 24.3 Å². The van der Waals surface area contributed by atoms with E-state index in [-0.39, 0.29) is 0 Å². The molecule has 3 fully saturated rings. The molecular weight excluding hydrogens is 457 g/mol. The molecule has 2 aromatic carbocycles. The molecule has 0 aromatic heterocycles. The van der Waals surface area contributed by atoms with E-state index in [1.807, 2.05) is 0 Å². The zero-order valence-corrected chi connectivity index (χ0v) is 20.1. The highest BCUT2D eigenvalue weighted by Crippen LogP contribution is 2.42. The number of hydrogen-bond acceptors (Lipinski definition) is 5. The van der Waals surface area contributed by atoms with E-state index >= 15 is 0 Å². The Morgan fingerprint density at radius 1 is 0.886 bits per heavy atom. The van der Waals surface area contributed by atoms with Gasteiger partial charge in [0.05, 0.1) is 18.8 Å². The molecular formula is C27H33F3N2O3. The molecule has 35 heavy (non-hydrogen) atoms. The third kappa shape index (κ3) is 6.05. The summed E-state index contributed by atoms with van der Waals surface area (Å²) in [6.45, 7) is 4.92. The fourth-order valence-electron chi connectivity index (χ4n) is 5.03. The second-order valence-corrected chi connectivity index (χ2v) is 10.1. The van der Waals surface area contributed by atoms with Crippen LogP contribution in [0.1, 0.15) is 47.2 Å². The predicted octanol–water partition coefficient (Wildman–Crippen LogP) is 4.73. The first-order valence-electron chi connectivity index (χ1n) is 12.1. The average molecular weight is 491 g/mol. The topological polar surface area (TPSA) is 53.0 Å². The molecule has 8 heteroatoms. The van der Waals surface area contributed by atoms with E-state index < -0.39 is 17.3 Å². The third-order valence-electron chi connectivity index (χ3n) is 7.70. The maximum absolute atomic E-state index is 12.6. The van der Waals surface area contributed by atoms with Crippen LogP contribution in [0.4, 0.5) is 18.9 Å². The Bertz CT molecular complexity index is 970. The molecule has 1 spiro atoms. The van der Waals surface area contributed by atoms with Gasteiger partial charge in [-0.2, -0.15) is 13.2 Å². The van der Waals surface area contributed by atoms with Crippen LogP contribution in [0.5, 0.6) is 0 Å². The van der Waals surface area contributed by atoms with Crippen molar-refractivity contribution in [3.8, 4) is 0 Å². The van der Waals surface area contributed by atoms with Crippen molar-refractivity contribution >= 4 is 12.0 Å². The summed E-state index contributed by atoms with van der Waals surface area (Å²) in [5, 5.41) is 9.83. The Kier molecular flexibility index (Phi) is 7.54. The molecule has 3 heterocycles. The number of carbonyl (C=O) groups is 1. The van der Waals surface area contributed by atoms with Crippen molar-refractivity contribution in [2.24, 2.45) is 5.41 Å². The lowest BCUT2D eigenvalue weighted by atomic mass is 9.71. The predicted molar refractivity (Wildman–Crippen MR) is 129 cm³/mol. The van der Waals surface area contributed by atoms with Gasteiger partial charge in [-0.25, -0.2) is 0 Å². The summed E-state index contributed by atoms with van der Waals surface area (Å²) in [6, 6.07) is 12.5. The maximum atomic E-state index is 12.6. The number of nitrogens with zero attached hydrogens (tertiary/aromatic N) is 2. The van der Waals surface area contributed by atoms with Crippen LogP contribution >= 0.6 is 0 Å². The lowest BCUT2D eigenvalue weighted by molar-refractivity contribution is -0.184. The van der Waals surface area contributed by atoms with Crippen LogP contribution in [0.3, 0.4) is 0 Å². The van der Waals surface area contributed by atoms with Gasteiger partial charge < -0.3 is 19.6 Å². The van der Waals surface area contributed by atoms with Crippen molar-refractivity contribution in [2.45, 2.75) is 37.5 Å². The summed E-state index contributed by atoms with van der Waals surface area (Å²) < 4.78 is 42.8. The Balaban J connectivity index is 0.000000189. The van der Waals surface area contributed by atoms with E-state index in [9.17, 15) is 23.1 Å². The summed E-state index contributed by atoms with van der Waals surface area (Å²) in [4.78, 5) is 15.0. The molecule has 0 unspecified atom stereocenters. The number of likely N-dealkylation sites (tertiary alicyclic amines) is 1. The van der Waals surface area contributed by atoms with Gasteiger partial charge in [-0.3, -0.25) is 4.79 Å². The van der Waals surface area contributed by atoms with Crippen LogP contribution in [0.2, 0.25) is 0 Å². The summed E-state index contributed by atoms with van der Waals surface area (Å²) >= 11 is 0. The number of aldehydes is 1. The largest absolute Gasteiger partial charge is 0.416 e. The Hall–Kier alpha value is -2.42. The molecule has 5 nitrogen and oxygen atoms in total. The van der Waals surface area contributed by atoms with Gasteiger partial charge in [0.2, 0.25) is 0 Å². The highest BCUT2D eigenvalue weighted by molar-refractivity contribution is 5.74. The van der Waals surface area contributed by atoms with Gasteiger partial charge >= 0.3 is 6.18 Å². The minimum absolute atomic E-state index is 0.341. The number of rotatable bonds is 3. The quantitative estimate of drug-likeness (QED) is 0.631. The molecule has 3 aliphatic heterocycles. The lowest BCUT2D eigenvalue weighted by Crippen LogP contribution is -2.46. The Morgan fingerprint density at radius 3 is 1.89 bits per heavy atom. The Morgan fingerprint density at radius 2 is 1.43 bits per heavy atom. The van der Waals surface area contributed by atoms with Gasteiger partial charge in [0.1, 0.15) is 11.9 Å². The Labute approximate surface area is 204 Å². The van der Waals surface area contributed by atoms with Gasteiger partial charge in [0.15, 0.2) is 0 Å². The molecule has 0 atom stereocenters. The first kappa shape index (κ1) is 25.7. The van der Waals surface area contributed by atoms with Gasteiger partial charge in [-0.15, -0.1) is 0 Å². The van der Waals surface area contributed by atoms with Crippen molar-refractivity contribution in [3.63, 3.8) is 0 Å². The van der Waals surface area contributed by atoms with Gasteiger partial charge in [-0.05, 0) is 81.1 Å². The summed E-state index contributed by atoms with van der Waals surface area (Å²) in [6.07, 6.45) is 1.35. The van der Waals surface area contributed by atoms with E-state index in [1.54, 1.807) is 36.4 Å². The normalized spacial score (nSPS) is 21.6. The molecule has 5 rings (SSSR count). The number of alkyl halides is 3. The average Bonchev–Trinajstić information content (AvgIpc) is 2.85. The van der Waals surface area contributed by atoms with Crippen molar-refractivity contribution in [3.05, 3.63) is 65.2 Å². The second-order valence-electron chi connectivity index (χ2n) is 10.1. The molecule has 0 saturated carbocycles. The van der Waals surface area contributed by atoms with Crippen LogP contribution in [-0.4, -0.2) is 62.7 Å². The van der Waals surface area contributed by atoms with Crippen LogP contribution < -0.4 is 4.90 Å². The monoisotopic (exact) mass is 490 g/mol. The van der Waals surface area contributed by atoms with Crippen molar-refractivity contribution in [1.82, 2.24) is 4.90 Å². The smallest absolute Gasteiger partial charge is 0.380 e. The van der Waals surface area contributed by atoms with E-state index in [2.05, 4.69) is 16.8 Å². The van der Waals surface area contributed by atoms with E-state index in [0.29, 0.717) is 24.2 Å². The molecule has 190 valence electrons. The molecule has 0 amide bonds. The molecule has 0 radical (unpaired) electrons. The van der Waals surface area contributed by atoms with Crippen LogP contribution in [0.15, 0.2) is 48.5 Å². The van der Waals surface area contributed by atoms with E-state index in [0.717, 1.165) is 43.5 Å². The SMILES string of the molecule is CN1CCC2(CC1)CCN(c1ccc(C(F)(F)F)cc1)CC2.O=Cc1ccc(C2(O)COC2)cc1. The summed E-state index contributed by atoms with van der Waals surface area (Å²) in [5.74, 6) is 0. The fourth-order valence-corrected chi connectivity index (χ4v) is 5.03. The number of benzene rings is 2. The molecule has 3 aliphatic rings. The van der Waals surface area contributed by atoms with Gasteiger partial charge in [-0.1, -0.05) is 24.3 Å². The van der Waals surface area contributed by atoms with Crippen molar-refractivity contribution in [2.75, 3.05) is 51.3 Å². The number of halogens is 3. The molecule has 3 saturated heterocycles. The number of aliphatic hydroxyl groups is 1. The number of hydrogen-bond donors (Lipinski definition) is 1. The van der Waals surface area contributed by atoms with E-state index in [1.165, 1.54) is 38.1 Å². The molecule has 0 aliphatic carbocycles. The van der Waals surface area contributed by atoms with Crippen LogP contribution in [-0.2, 0) is 16.5 Å². The number of piperidine rings is 2. The zero-order chi connectivity index (χ0) is 25.1. The maximum Gasteiger partial charge on any atom is 0.416 e. The minimum Gasteiger partial charge on any atom is -0.380 e. The van der Waals surface area contributed by atoms with Crippen molar-refractivity contribution in [1.29, 1.82) is 0 Å². The second kappa shape index (κ2) is 10.3. The molecule has 1 N–H and O–H groups in total. The van der Waals surface area contributed by atoms with Gasteiger partial charge in [0.25, 0.3) is 0 Å². The minimum atomic E-state index is -4.25. The highest BCUT2D eigenvalue weighted by atomic mass is 19.4. The zero-order valence-electron chi connectivity index (χ0n) is 20.1. The third-order valence-corrected chi connectivity index (χ3v) is 7.70.